The van der Waals surface area contributed by atoms with Crippen molar-refractivity contribution in [2.45, 2.75) is 48.3 Å². The highest BCUT2D eigenvalue weighted by molar-refractivity contribution is 8.00. The smallest absolute Gasteiger partial charge is 0.233 e. The van der Waals surface area contributed by atoms with E-state index in [0.717, 1.165) is 30.6 Å². The fraction of sp³-hybridized carbons (Fsp3) is 0.533. The van der Waals surface area contributed by atoms with E-state index in [1.807, 2.05) is 31.2 Å². The van der Waals surface area contributed by atoms with Gasteiger partial charge in [-0.25, -0.2) is 0 Å². The van der Waals surface area contributed by atoms with E-state index in [-0.39, 0.29) is 16.7 Å². The predicted octanol–water partition coefficient (Wildman–Crippen LogP) is 3.21. The van der Waals surface area contributed by atoms with Crippen molar-refractivity contribution in [1.29, 1.82) is 0 Å². The Kier molecular flexibility index (Phi) is 5.35. The number of nitrogens with two attached hydrogens (primary N) is 1. The highest BCUT2D eigenvalue weighted by Gasteiger charge is 2.35. The number of thioether (sulfide) groups is 1. The maximum absolute atomic E-state index is 12.3. The van der Waals surface area contributed by atoms with Crippen LogP contribution in [-0.2, 0) is 4.79 Å². The molecule has 0 aromatic heterocycles. The minimum atomic E-state index is -0.188. The lowest BCUT2D eigenvalue weighted by Gasteiger charge is -2.30. The van der Waals surface area contributed by atoms with Crippen molar-refractivity contribution in [2.75, 3.05) is 6.54 Å². The first-order valence-corrected chi connectivity index (χ1v) is 8.25. The van der Waals surface area contributed by atoms with Crippen LogP contribution in [0.2, 0.25) is 5.02 Å². The fourth-order valence-corrected chi connectivity index (χ4v) is 3.73. The number of carbonyl (C=O) groups is 1. The second kappa shape index (κ2) is 6.83. The van der Waals surface area contributed by atoms with Gasteiger partial charge in [-0.1, -0.05) is 36.6 Å². The van der Waals surface area contributed by atoms with Gasteiger partial charge in [0.2, 0.25) is 5.91 Å². The van der Waals surface area contributed by atoms with Crippen molar-refractivity contribution in [3.8, 4) is 0 Å². The van der Waals surface area contributed by atoms with Gasteiger partial charge in [0, 0.05) is 11.4 Å². The first-order valence-electron chi connectivity index (χ1n) is 7.00. The summed E-state index contributed by atoms with van der Waals surface area (Å²) in [6.07, 6.45) is 4.25. The van der Waals surface area contributed by atoms with Crippen molar-refractivity contribution in [2.24, 2.45) is 5.73 Å². The molecule has 0 saturated heterocycles. The molecule has 3 N–H and O–H groups in total. The molecular formula is C15H21ClN2OS. The van der Waals surface area contributed by atoms with E-state index in [1.165, 1.54) is 11.8 Å². The van der Waals surface area contributed by atoms with Crippen molar-refractivity contribution in [1.82, 2.24) is 5.32 Å². The van der Waals surface area contributed by atoms with Crippen LogP contribution in [0, 0.1) is 0 Å². The molecule has 1 aliphatic carbocycles. The number of hydrogen-bond donors (Lipinski definition) is 2. The van der Waals surface area contributed by atoms with Crippen LogP contribution in [0.4, 0.5) is 0 Å². The largest absolute Gasteiger partial charge is 0.348 e. The van der Waals surface area contributed by atoms with Gasteiger partial charge in [-0.05, 0) is 31.9 Å². The molecule has 0 spiro atoms. The number of carbonyl (C=O) groups excluding carboxylic acids is 1. The molecule has 1 aliphatic rings. The summed E-state index contributed by atoms with van der Waals surface area (Å²) in [5, 5.41) is 3.66. The molecule has 1 aromatic carbocycles. The van der Waals surface area contributed by atoms with Gasteiger partial charge in [0.1, 0.15) is 0 Å². The van der Waals surface area contributed by atoms with Gasteiger partial charge in [-0.15, -0.1) is 11.8 Å². The summed E-state index contributed by atoms with van der Waals surface area (Å²) < 4.78 is 0. The van der Waals surface area contributed by atoms with Gasteiger partial charge in [0.15, 0.2) is 0 Å². The molecule has 20 heavy (non-hydrogen) atoms. The number of rotatable bonds is 5. The van der Waals surface area contributed by atoms with E-state index in [4.69, 9.17) is 17.3 Å². The summed E-state index contributed by atoms with van der Waals surface area (Å²) >= 11 is 7.61. The zero-order chi connectivity index (χ0) is 14.6. The standard InChI is InChI=1S/C15H21ClN2OS/c1-11(20-13-7-3-2-6-12(13)16)14(19)18-15(10-17)8-4-5-9-15/h2-3,6-7,11H,4-5,8-10,17H2,1H3,(H,18,19). The van der Waals surface area contributed by atoms with Gasteiger partial charge in [-0.2, -0.15) is 0 Å². The topological polar surface area (TPSA) is 55.1 Å². The van der Waals surface area contributed by atoms with Crippen LogP contribution >= 0.6 is 23.4 Å². The lowest BCUT2D eigenvalue weighted by molar-refractivity contribution is -0.122. The molecule has 1 saturated carbocycles. The van der Waals surface area contributed by atoms with Gasteiger partial charge in [-0.3, -0.25) is 4.79 Å². The molecule has 0 radical (unpaired) electrons. The summed E-state index contributed by atoms with van der Waals surface area (Å²) in [7, 11) is 0. The van der Waals surface area contributed by atoms with Crippen LogP contribution in [0.25, 0.3) is 0 Å². The summed E-state index contributed by atoms with van der Waals surface area (Å²) in [6.45, 7) is 2.42. The summed E-state index contributed by atoms with van der Waals surface area (Å²) in [5.74, 6) is 0.0438. The molecule has 0 heterocycles. The van der Waals surface area contributed by atoms with Crippen molar-refractivity contribution in [3.05, 3.63) is 29.3 Å². The van der Waals surface area contributed by atoms with Crippen molar-refractivity contribution >= 4 is 29.3 Å². The summed E-state index contributed by atoms with van der Waals surface area (Å²) in [5.41, 5.74) is 5.66. The van der Waals surface area contributed by atoms with Gasteiger partial charge < -0.3 is 11.1 Å². The van der Waals surface area contributed by atoms with Crippen LogP contribution in [0.1, 0.15) is 32.6 Å². The second-order valence-electron chi connectivity index (χ2n) is 5.37. The maximum Gasteiger partial charge on any atom is 0.233 e. The Bertz CT molecular complexity index is 475. The van der Waals surface area contributed by atoms with Crippen molar-refractivity contribution in [3.63, 3.8) is 0 Å². The Labute approximate surface area is 129 Å². The number of benzene rings is 1. The Balaban J connectivity index is 1.97. The number of nitrogens with one attached hydrogen (secondary N) is 1. The first-order chi connectivity index (χ1) is 9.56. The maximum atomic E-state index is 12.3. The minimum Gasteiger partial charge on any atom is -0.348 e. The van der Waals surface area contributed by atoms with E-state index in [0.29, 0.717) is 11.6 Å². The highest BCUT2D eigenvalue weighted by atomic mass is 35.5. The highest BCUT2D eigenvalue weighted by Crippen LogP contribution is 2.32. The average Bonchev–Trinajstić information content (AvgIpc) is 2.90. The SMILES string of the molecule is CC(Sc1ccccc1Cl)C(=O)NC1(CN)CCCC1. The normalized spacial score (nSPS) is 18.8. The first kappa shape index (κ1) is 15.7. The molecule has 5 heteroatoms. The van der Waals surface area contributed by atoms with Crippen LogP contribution in [0.3, 0.4) is 0 Å². The molecular weight excluding hydrogens is 292 g/mol. The van der Waals surface area contributed by atoms with Crippen LogP contribution in [-0.4, -0.2) is 23.2 Å². The van der Waals surface area contributed by atoms with Crippen molar-refractivity contribution < 1.29 is 4.79 Å². The summed E-state index contributed by atoms with van der Waals surface area (Å²) in [4.78, 5) is 13.3. The van der Waals surface area contributed by atoms with E-state index in [9.17, 15) is 4.79 Å². The molecule has 1 atom stereocenters. The zero-order valence-electron chi connectivity index (χ0n) is 11.7. The number of halogens is 1. The number of hydrogen-bond acceptors (Lipinski definition) is 3. The second-order valence-corrected chi connectivity index (χ2v) is 7.16. The molecule has 1 unspecified atom stereocenters. The molecule has 0 aliphatic heterocycles. The van der Waals surface area contributed by atoms with E-state index < -0.39 is 0 Å². The molecule has 110 valence electrons. The van der Waals surface area contributed by atoms with Gasteiger partial charge in [0.05, 0.1) is 15.8 Å². The van der Waals surface area contributed by atoms with Crippen LogP contribution < -0.4 is 11.1 Å². The lowest BCUT2D eigenvalue weighted by Crippen LogP contribution is -2.53. The van der Waals surface area contributed by atoms with E-state index >= 15 is 0 Å². The van der Waals surface area contributed by atoms with Gasteiger partial charge >= 0.3 is 0 Å². The van der Waals surface area contributed by atoms with E-state index in [2.05, 4.69) is 5.32 Å². The third-order valence-electron chi connectivity index (χ3n) is 3.85. The van der Waals surface area contributed by atoms with Crippen LogP contribution in [0.5, 0.6) is 0 Å². The molecule has 2 rings (SSSR count). The molecule has 1 fully saturated rings. The lowest BCUT2D eigenvalue weighted by atomic mass is 9.98. The predicted molar refractivity (Wildman–Crippen MR) is 85.2 cm³/mol. The number of amides is 1. The molecule has 1 aromatic rings. The van der Waals surface area contributed by atoms with Gasteiger partial charge in [0.25, 0.3) is 0 Å². The van der Waals surface area contributed by atoms with E-state index in [1.54, 1.807) is 0 Å². The third kappa shape index (κ3) is 3.68. The quantitative estimate of drug-likeness (QED) is 0.821. The molecule has 0 bridgehead atoms. The monoisotopic (exact) mass is 312 g/mol. The Morgan fingerprint density at radius 1 is 1.45 bits per heavy atom. The third-order valence-corrected chi connectivity index (χ3v) is 5.47. The Hall–Kier alpha value is -0.710. The molecule has 1 amide bonds. The Morgan fingerprint density at radius 2 is 2.10 bits per heavy atom. The van der Waals surface area contributed by atoms with Crippen LogP contribution in [0.15, 0.2) is 29.2 Å². The Morgan fingerprint density at radius 3 is 2.70 bits per heavy atom. The summed E-state index contributed by atoms with van der Waals surface area (Å²) in [6, 6.07) is 7.59. The molecule has 3 nitrogen and oxygen atoms in total. The zero-order valence-corrected chi connectivity index (χ0v) is 13.3. The minimum absolute atomic E-state index is 0.0438. The average molecular weight is 313 g/mol. The fourth-order valence-electron chi connectivity index (χ4n) is 2.58.